The molecular formula is C14H10BrF3OS. The average Bonchev–Trinajstić information content (AvgIpc) is 2.40. The second kappa shape index (κ2) is 6.20. The van der Waals surface area contributed by atoms with Crippen molar-refractivity contribution >= 4 is 27.7 Å². The van der Waals surface area contributed by atoms with E-state index in [0.29, 0.717) is 0 Å². The van der Waals surface area contributed by atoms with Crippen LogP contribution in [0.5, 0.6) is 0 Å². The molecule has 0 saturated carbocycles. The molecule has 1 nitrogen and oxygen atoms in total. The van der Waals surface area contributed by atoms with E-state index in [9.17, 15) is 13.2 Å². The molecule has 0 aliphatic rings. The minimum Gasteiger partial charge on any atom is -0.392 e. The first-order valence-corrected chi connectivity index (χ1v) is 7.25. The maximum absolute atomic E-state index is 13.0. The summed E-state index contributed by atoms with van der Waals surface area (Å²) in [4.78, 5) is 0.840. The maximum atomic E-state index is 13.0. The summed E-state index contributed by atoms with van der Waals surface area (Å²) >= 11 is 4.33. The van der Waals surface area contributed by atoms with Crippen molar-refractivity contribution in [1.82, 2.24) is 0 Å². The first-order valence-electron chi connectivity index (χ1n) is 5.64. The molecule has 0 bridgehead atoms. The van der Waals surface area contributed by atoms with Crippen LogP contribution in [0.4, 0.5) is 13.2 Å². The summed E-state index contributed by atoms with van der Waals surface area (Å²) in [6.07, 6.45) is -4.44. The Bertz CT molecular complexity index is 596. The first kappa shape index (κ1) is 15.4. The molecule has 106 valence electrons. The van der Waals surface area contributed by atoms with Gasteiger partial charge in [-0.15, -0.1) is 0 Å². The molecule has 0 fully saturated rings. The van der Waals surface area contributed by atoms with Crippen LogP contribution in [-0.2, 0) is 12.8 Å². The van der Waals surface area contributed by atoms with Crippen molar-refractivity contribution in [3.05, 3.63) is 58.1 Å². The van der Waals surface area contributed by atoms with Crippen LogP contribution < -0.4 is 0 Å². The summed E-state index contributed by atoms with van der Waals surface area (Å²) in [5.74, 6) is 0. The number of hydrogen-bond donors (Lipinski definition) is 1. The summed E-state index contributed by atoms with van der Waals surface area (Å²) in [5, 5.41) is 8.96. The van der Waals surface area contributed by atoms with Crippen LogP contribution in [-0.4, -0.2) is 5.11 Å². The van der Waals surface area contributed by atoms with Gasteiger partial charge in [0.1, 0.15) is 0 Å². The van der Waals surface area contributed by atoms with E-state index in [4.69, 9.17) is 5.11 Å². The second-order valence-electron chi connectivity index (χ2n) is 4.04. The van der Waals surface area contributed by atoms with Crippen molar-refractivity contribution in [2.45, 2.75) is 22.6 Å². The van der Waals surface area contributed by atoms with E-state index in [1.165, 1.54) is 12.1 Å². The zero-order valence-corrected chi connectivity index (χ0v) is 12.5. The number of halogens is 4. The molecule has 0 aromatic heterocycles. The molecule has 2 rings (SSSR count). The summed E-state index contributed by atoms with van der Waals surface area (Å²) in [6.45, 7) is -0.410. The van der Waals surface area contributed by atoms with Crippen molar-refractivity contribution in [2.24, 2.45) is 0 Å². The molecule has 0 radical (unpaired) electrons. The Kier molecular flexibility index (Phi) is 4.78. The minimum atomic E-state index is -4.44. The summed E-state index contributed by atoms with van der Waals surface area (Å²) < 4.78 is 40.0. The monoisotopic (exact) mass is 362 g/mol. The quantitative estimate of drug-likeness (QED) is 0.818. The Morgan fingerprint density at radius 1 is 1.05 bits per heavy atom. The van der Waals surface area contributed by atoms with Gasteiger partial charge in [-0.2, -0.15) is 13.2 Å². The molecule has 0 aliphatic carbocycles. The van der Waals surface area contributed by atoms with Gasteiger partial charge in [0, 0.05) is 14.3 Å². The van der Waals surface area contributed by atoms with Crippen molar-refractivity contribution in [3.8, 4) is 0 Å². The number of benzene rings is 2. The second-order valence-corrected chi connectivity index (χ2v) is 6.07. The Labute approximate surface area is 126 Å². The van der Waals surface area contributed by atoms with Gasteiger partial charge in [-0.1, -0.05) is 33.8 Å². The van der Waals surface area contributed by atoms with E-state index in [0.717, 1.165) is 27.2 Å². The lowest BCUT2D eigenvalue weighted by molar-refractivity contribution is -0.139. The average molecular weight is 363 g/mol. The lowest BCUT2D eigenvalue weighted by atomic mass is 10.1. The number of aliphatic hydroxyl groups excluding tert-OH is 1. The van der Waals surface area contributed by atoms with Crippen molar-refractivity contribution in [1.29, 1.82) is 0 Å². The first-order chi connectivity index (χ1) is 9.40. The highest BCUT2D eigenvalue weighted by atomic mass is 79.9. The van der Waals surface area contributed by atoms with Crippen LogP contribution in [0.15, 0.2) is 56.7 Å². The van der Waals surface area contributed by atoms with E-state index >= 15 is 0 Å². The van der Waals surface area contributed by atoms with Crippen LogP contribution in [0.1, 0.15) is 11.1 Å². The van der Waals surface area contributed by atoms with Gasteiger partial charge in [-0.3, -0.25) is 0 Å². The number of hydrogen-bond acceptors (Lipinski definition) is 2. The van der Waals surface area contributed by atoms with Gasteiger partial charge < -0.3 is 5.11 Å². The number of rotatable bonds is 3. The van der Waals surface area contributed by atoms with Gasteiger partial charge in [0.15, 0.2) is 0 Å². The van der Waals surface area contributed by atoms with E-state index in [1.54, 1.807) is 24.3 Å². The van der Waals surface area contributed by atoms with Crippen LogP contribution in [0.3, 0.4) is 0 Å². The summed E-state index contributed by atoms with van der Waals surface area (Å²) in [7, 11) is 0. The molecule has 0 atom stereocenters. The van der Waals surface area contributed by atoms with Gasteiger partial charge in [-0.05, 0) is 42.0 Å². The van der Waals surface area contributed by atoms with Gasteiger partial charge in [-0.25, -0.2) is 0 Å². The third-order valence-corrected chi connectivity index (χ3v) is 4.19. The molecule has 0 saturated heterocycles. The molecule has 2 aromatic carbocycles. The molecular weight excluding hydrogens is 353 g/mol. The van der Waals surface area contributed by atoms with Gasteiger partial charge in [0.2, 0.25) is 0 Å². The molecule has 0 aliphatic heterocycles. The lowest BCUT2D eigenvalue weighted by Gasteiger charge is -2.13. The van der Waals surface area contributed by atoms with E-state index in [-0.39, 0.29) is 10.5 Å². The highest BCUT2D eigenvalue weighted by Gasteiger charge is 2.33. The standard InChI is InChI=1S/C14H10BrF3OS/c15-10-2-4-11(5-3-10)20-13-6-1-9(8-19)7-12(13)14(16,17)18/h1-7,19H,8H2. The minimum absolute atomic E-state index is 0.122. The molecule has 1 N–H and O–H groups in total. The van der Waals surface area contributed by atoms with Crippen LogP contribution in [0.25, 0.3) is 0 Å². The van der Waals surface area contributed by atoms with Crippen LogP contribution in [0, 0.1) is 0 Å². The topological polar surface area (TPSA) is 20.2 Å². The number of alkyl halides is 3. The van der Waals surface area contributed by atoms with Gasteiger partial charge in [0.05, 0.1) is 12.2 Å². The fourth-order valence-corrected chi connectivity index (χ4v) is 2.83. The normalized spacial score (nSPS) is 11.7. The largest absolute Gasteiger partial charge is 0.417 e. The highest BCUT2D eigenvalue weighted by molar-refractivity contribution is 9.10. The Balaban J connectivity index is 2.38. The Morgan fingerprint density at radius 3 is 2.25 bits per heavy atom. The van der Waals surface area contributed by atoms with Crippen LogP contribution >= 0.6 is 27.7 Å². The highest BCUT2D eigenvalue weighted by Crippen LogP contribution is 2.40. The third kappa shape index (κ3) is 3.77. The molecule has 0 heterocycles. The zero-order chi connectivity index (χ0) is 14.8. The van der Waals surface area contributed by atoms with E-state index < -0.39 is 18.3 Å². The maximum Gasteiger partial charge on any atom is 0.417 e. The Morgan fingerprint density at radius 2 is 1.70 bits per heavy atom. The summed E-state index contributed by atoms with van der Waals surface area (Å²) in [5.41, 5.74) is -0.477. The molecule has 2 aromatic rings. The molecule has 20 heavy (non-hydrogen) atoms. The lowest BCUT2D eigenvalue weighted by Crippen LogP contribution is -2.07. The van der Waals surface area contributed by atoms with E-state index in [1.807, 2.05) is 0 Å². The van der Waals surface area contributed by atoms with Gasteiger partial charge in [0.25, 0.3) is 0 Å². The fraction of sp³-hybridized carbons (Fsp3) is 0.143. The fourth-order valence-electron chi connectivity index (χ4n) is 1.62. The van der Waals surface area contributed by atoms with Crippen molar-refractivity contribution < 1.29 is 18.3 Å². The zero-order valence-electron chi connectivity index (χ0n) is 10.1. The van der Waals surface area contributed by atoms with Crippen molar-refractivity contribution in [2.75, 3.05) is 0 Å². The van der Waals surface area contributed by atoms with Crippen molar-refractivity contribution in [3.63, 3.8) is 0 Å². The predicted octanol–water partition coefficient (Wildman–Crippen LogP) is 5.11. The summed E-state index contributed by atoms with van der Waals surface area (Å²) in [6, 6.07) is 10.9. The molecule has 0 spiro atoms. The predicted molar refractivity (Wildman–Crippen MR) is 75.6 cm³/mol. The third-order valence-electron chi connectivity index (χ3n) is 2.57. The van der Waals surface area contributed by atoms with E-state index in [2.05, 4.69) is 15.9 Å². The number of aliphatic hydroxyl groups is 1. The molecule has 0 unspecified atom stereocenters. The molecule has 0 amide bonds. The molecule has 6 heteroatoms. The Hall–Kier alpha value is -0.980. The van der Waals surface area contributed by atoms with Crippen LogP contribution in [0.2, 0.25) is 0 Å². The smallest absolute Gasteiger partial charge is 0.392 e. The SMILES string of the molecule is OCc1ccc(Sc2ccc(Br)cc2)c(C(F)(F)F)c1. The van der Waals surface area contributed by atoms with Gasteiger partial charge >= 0.3 is 6.18 Å².